The maximum Gasteiger partial charge on any atom is 0.255 e. The van der Waals surface area contributed by atoms with E-state index in [0.717, 1.165) is 30.1 Å². The maximum absolute atomic E-state index is 12.2. The molecule has 0 atom stereocenters. The van der Waals surface area contributed by atoms with Crippen LogP contribution in [0.2, 0.25) is 5.02 Å². The molecule has 27 heavy (non-hydrogen) atoms. The Morgan fingerprint density at radius 1 is 1.07 bits per heavy atom. The molecule has 6 heteroatoms. The molecule has 1 amide bonds. The first-order valence-corrected chi connectivity index (χ1v) is 8.92. The average Bonchev–Trinajstić information content (AvgIpc) is 2.70. The number of carbonyl (C=O) groups is 1. The molecule has 3 rings (SSSR count). The molecule has 2 N–H and O–H groups in total. The van der Waals surface area contributed by atoms with Gasteiger partial charge in [0.25, 0.3) is 5.91 Å². The van der Waals surface area contributed by atoms with Crippen molar-refractivity contribution in [3.63, 3.8) is 0 Å². The molecule has 1 heterocycles. The molecule has 2 aromatic carbocycles. The largest absolute Gasteiger partial charge is 0.496 e. The number of pyridine rings is 1. The maximum atomic E-state index is 12.2. The van der Waals surface area contributed by atoms with E-state index in [-0.39, 0.29) is 5.91 Å². The van der Waals surface area contributed by atoms with E-state index in [4.69, 9.17) is 16.3 Å². The third-order valence-electron chi connectivity index (χ3n) is 4.02. The third-order valence-corrected chi connectivity index (χ3v) is 4.27. The van der Waals surface area contributed by atoms with Crippen molar-refractivity contribution in [2.75, 3.05) is 24.3 Å². The molecule has 5 nitrogen and oxygen atoms in total. The van der Waals surface area contributed by atoms with Gasteiger partial charge in [-0.05, 0) is 54.4 Å². The number of carbonyl (C=O) groups excluding carboxylic acids is 1. The number of nitrogens with one attached hydrogen (secondary N) is 2. The Bertz CT molecular complexity index is 896. The molecule has 0 saturated carbocycles. The molecule has 138 valence electrons. The van der Waals surface area contributed by atoms with Crippen LogP contribution in [0.3, 0.4) is 0 Å². The minimum absolute atomic E-state index is 0.203. The Morgan fingerprint density at radius 3 is 2.56 bits per heavy atom. The zero-order valence-corrected chi connectivity index (χ0v) is 15.7. The normalized spacial score (nSPS) is 10.3. The van der Waals surface area contributed by atoms with Gasteiger partial charge in [-0.1, -0.05) is 29.8 Å². The lowest BCUT2D eigenvalue weighted by Crippen LogP contribution is -2.12. The molecule has 0 bridgehead atoms. The Kier molecular flexibility index (Phi) is 6.28. The molecule has 0 aliphatic carbocycles. The van der Waals surface area contributed by atoms with Gasteiger partial charge in [0, 0.05) is 17.1 Å². The van der Waals surface area contributed by atoms with Crippen LogP contribution in [0, 0.1) is 0 Å². The lowest BCUT2D eigenvalue weighted by molar-refractivity contribution is 0.102. The Hall–Kier alpha value is -3.05. The highest BCUT2D eigenvalue weighted by atomic mass is 35.5. The average molecular weight is 382 g/mol. The fourth-order valence-corrected chi connectivity index (χ4v) is 2.74. The van der Waals surface area contributed by atoms with Gasteiger partial charge in [-0.25, -0.2) is 4.98 Å². The number of benzene rings is 2. The lowest BCUT2D eigenvalue weighted by Gasteiger charge is -2.10. The molecule has 0 unspecified atom stereocenters. The van der Waals surface area contributed by atoms with E-state index >= 15 is 0 Å². The first kappa shape index (κ1) is 18.7. The van der Waals surface area contributed by atoms with Crippen LogP contribution in [0.25, 0.3) is 0 Å². The second-order valence-corrected chi connectivity index (χ2v) is 6.32. The number of methoxy groups -OCH3 is 1. The summed E-state index contributed by atoms with van der Waals surface area (Å²) in [7, 11) is 1.67. The van der Waals surface area contributed by atoms with Gasteiger partial charge in [-0.2, -0.15) is 0 Å². The van der Waals surface area contributed by atoms with Gasteiger partial charge in [-0.15, -0.1) is 0 Å². The lowest BCUT2D eigenvalue weighted by atomic mass is 10.1. The number of amides is 1. The summed E-state index contributed by atoms with van der Waals surface area (Å²) in [4.78, 5) is 16.5. The van der Waals surface area contributed by atoms with Crippen LogP contribution in [0.4, 0.5) is 11.5 Å². The summed E-state index contributed by atoms with van der Waals surface area (Å²) in [5, 5.41) is 6.68. The predicted octanol–water partition coefficient (Wildman–Crippen LogP) is 4.65. The summed E-state index contributed by atoms with van der Waals surface area (Å²) < 4.78 is 5.35. The molecule has 0 aliphatic heterocycles. The van der Waals surface area contributed by atoms with E-state index in [0.29, 0.717) is 16.3 Å². The van der Waals surface area contributed by atoms with Gasteiger partial charge in [0.05, 0.1) is 19.0 Å². The van der Waals surface area contributed by atoms with Crippen molar-refractivity contribution in [2.45, 2.75) is 6.42 Å². The van der Waals surface area contributed by atoms with Crippen molar-refractivity contribution in [1.82, 2.24) is 4.98 Å². The number of hydrogen-bond donors (Lipinski definition) is 2. The van der Waals surface area contributed by atoms with E-state index in [1.165, 1.54) is 0 Å². The van der Waals surface area contributed by atoms with E-state index in [1.807, 2.05) is 36.4 Å². The van der Waals surface area contributed by atoms with E-state index in [9.17, 15) is 4.79 Å². The molecule has 0 aliphatic rings. The van der Waals surface area contributed by atoms with Crippen LogP contribution in [-0.2, 0) is 6.42 Å². The first-order chi connectivity index (χ1) is 13.2. The van der Waals surface area contributed by atoms with Crippen molar-refractivity contribution in [3.8, 4) is 5.75 Å². The molecule has 0 radical (unpaired) electrons. The summed E-state index contributed by atoms with van der Waals surface area (Å²) in [6, 6.07) is 18.3. The second-order valence-electron chi connectivity index (χ2n) is 5.88. The van der Waals surface area contributed by atoms with Crippen LogP contribution in [0.1, 0.15) is 15.9 Å². The molecule has 3 aromatic rings. The zero-order valence-electron chi connectivity index (χ0n) is 14.9. The smallest absolute Gasteiger partial charge is 0.255 e. The Labute approximate surface area is 163 Å². The van der Waals surface area contributed by atoms with Gasteiger partial charge in [0.15, 0.2) is 0 Å². The summed E-state index contributed by atoms with van der Waals surface area (Å²) in [6.45, 7) is 0.726. The minimum atomic E-state index is -0.203. The quantitative estimate of drug-likeness (QED) is 0.625. The standard InChI is InChI=1S/C21H20ClN3O2/c1-27-19-5-3-2-4-15(19)12-13-23-20-11-10-18(14-24-20)25-21(26)16-6-8-17(22)9-7-16/h2-11,14H,12-13H2,1H3,(H,23,24)(H,25,26). The van der Waals surface area contributed by atoms with Crippen molar-refractivity contribution in [2.24, 2.45) is 0 Å². The molecular weight excluding hydrogens is 362 g/mol. The zero-order chi connectivity index (χ0) is 19.1. The highest BCUT2D eigenvalue weighted by Crippen LogP contribution is 2.18. The predicted molar refractivity (Wildman–Crippen MR) is 109 cm³/mol. The molecule has 0 fully saturated rings. The number of anilines is 2. The number of nitrogens with zero attached hydrogens (tertiary/aromatic N) is 1. The van der Waals surface area contributed by atoms with E-state index in [1.54, 1.807) is 37.6 Å². The van der Waals surface area contributed by atoms with Gasteiger partial charge in [0.1, 0.15) is 11.6 Å². The van der Waals surface area contributed by atoms with Crippen molar-refractivity contribution in [3.05, 3.63) is 83.0 Å². The molecule has 0 spiro atoms. The SMILES string of the molecule is COc1ccccc1CCNc1ccc(NC(=O)c2ccc(Cl)cc2)cn1. The summed E-state index contributed by atoms with van der Waals surface area (Å²) >= 11 is 5.84. The second kappa shape index (κ2) is 9.05. The van der Waals surface area contributed by atoms with Gasteiger partial charge in [-0.3, -0.25) is 4.79 Å². The number of rotatable bonds is 7. The molecule has 0 saturated heterocycles. The number of halogens is 1. The molecule has 1 aromatic heterocycles. The highest BCUT2D eigenvalue weighted by molar-refractivity contribution is 6.30. The monoisotopic (exact) mass is 381 g/mol. The number of hydrogen-bond acceptors (Lipinski definition) is 4. The van der Waals surface area contributed by atoms with Gasteiger partial charge >= 0.3 is 0 Å². The number of ether oxygens (including phenoxy) is 1. The topological polar surface area (TPSA) is 63.2 Å². The van der Waals surface area contributed by atoms with Crippen LogP contribution < -0.4 is 15.4 Å². The van der Waals surface area contributed by atoms with Crippen molar-refractivity contribution < 1.29 is 9.53 Å². The Morgan fingerprint density at radius 2 is 1.85 bits per heavy atom. The minimum Gasteiger partial charge on any atom is -0.496 e. The van der Waals surface area contributed by atoms with Crippen LogP contribution in [-0.4, -0.2) is 24.5 Å². The van der Waals surface area contributed by atoms with Gasteiger partial charge in [0.2, 0.25) is 0 Å². The van der Waals surface area contributed by atoms with Crippen LogP contribution >= 0.6 is 11.6 Å². The van der Waals surface area contributed by atoms with Crippen molar-refractivity contribution in [1.29, 1.82) is 0 Å². The summed E-state index contributed by atoms with van der Waals surface area (Å²) in [6.07, 6.45) is 2.44. The van der Waals surface area contributed by atoms with Crippen LogP contribution in [0.15, 0.2) is 66.9 Å². The third kappa shape index (κ3) is 5.21. The van der Waals surface area contributed by atoms with Gasteiger partial charge < -0.3 is 15.4 Å². The van der Waals surface area contributed by atoms with E-state index < -0.39 is 0 Å². The van der Waals surface area contributed by atoms with Crippen LogP contribution in [0.5, 0.6) is 5.75 Å². The Balaban J connectivity index is 1.52. The van der Waals surface area contributed by atoms with Crippen molar-refractivity contribution >= 4 is 29.0 Å². The number of para-hydroxylation sites is 1. The first-order valence-electron chi connectivity index (χ1n) is 8.54. The molecular formula is C21H20ClN3O2. The summed E-state index contributed by atoms with van der Waals surface area (Å²) in [5.41, 5.74) is 2.31. The fraction of sp³-hybridized carbons (Fsp3) is 0.143. The number of aromatic nitrogens is 1. The fourth-order valence-electron chi connectivity index (χ4n) is 2.61. The highest BCUT2D eigenvalue weighted by Gasteiger charge is 2.06. The summed E-state index contributed by atoms with van der Waals surface area (Å²) in [5.74, 6) is 1.42. The van der Waals surface area contributed by atoms with E-state index in [2.05, 4.69) is 15.6 Å².